The van der Waals surface area contributed by atoms with Crippen molar-refractivity contribution in [3.05, 3.63) is 17.5 Å². The van der Waals surface area contributed by atoms with Crippen LogP contribution in [-0.4, -0.2) is 89.5 Å². The number of aryl methyl sites for hydroxylation is 2. The molecule has 2 rings (SSSR count). The van der Waals surface area contributed by atoms with Gasteiger partial charge in [0.2, 0.25) is 10.0 Å². The Morgan fingerprint density at radius 1 is 1.48 bits per heavy atom. The zero-order chi connectivity index (χ0) is 18.8. The molecule has 2 heterocycles. The fraction of sp³-hybridized carbons (Fsp3) is 0.643. The van der Waals surface area contributed by atoms with Crippen LogP contribution in [-0.2, 0) is 26.6 Å². The molecule has 0 unspecified atom stereocenters. The molecule has 0 spiro atoms. The first-order chi connectivity index (χ1) is 11.6. The van der Waals surface area contributed by atoms with Gasteiger partial charge in [0.25, 0.3) is 5.91 Å². The second-order valence-electron chi connectivity index (χ2n) is 5.99. The highest BCUT2D eigenvalue weighted by atomic mass is 32.2. The standard InChI is InChI=1S/C14H22N4O6S/c1-10-6-12(15-16(10)2)14(21)17-4-5-24-11(7-17)8-18(9-13(19)20)25(3,22)23/h6,11H,4-5,7-9H2,1-3H3,(H,19,20)/t11-/m1/s1. The number of ether oxygens (including phenoxy) is 1. The third kappa shape index (κ3) is 5.00. The molecule has 0 bridgehead atoms. The van der Waals surface area contributed by atoms with Gasteiger partial charge in [0.1, 0.15) is 6.54 Å². The van der Waals surface area contributed by atoms with Crippen LogP contribution in [0.2, 0.25) is 0 Å². The quantitative estimate of drug-likeness (QED) is 0.672. The van der Waals surface area contributed by atoms with Crippen molar-refractivity contribution < 1.29 is 27.9 Å². The summed E-state index contributed by atoms with van der Waals surface area (Å²) in [5.74, 6) is -1.51. The third-order valence-corrected chi connectivity index (χ3v) is 5.16. The summed E-state index contributed by atoms with van der Waals surface area (Å²) in [6.07, 6.45) is 0.342. The van der Waals surface area contributed by atoms with E-state index in [9.17, 15) is 18.0 Å². The highest BCUT2D eigenvalue weighted by molar-refractivity contribution is 7.88. The lowest BCUT2D eigenvalue weighted by atomic mass is 10.2. The molecular weight excluding hydrogens is 352 g/mol. The summed E-state index contributed by atoms with van der Waals surface area (Å²) in [5.41, 5.74) is 1.16. The van der Waals surface area contributed by atoms with Crippen molar-refractivity contribution in [2.45, 2.75) is 13.0 Å². The molecule has 10 nitrogen and oxygen atoms in total. The summed E-state index contributed by atoms with van der Waals surface area (Å²) in [6.45, 7) is 1.83. The predicted octanol–water partition coefficient (Wildman–Crippen LogP) is -1.08. The van der Waals surface area contributed by atoms with Crippen molar-refractivity contribution in [3.8, 4) is 0 Å². The zero-order valence-electron chi connectivity index (χ0n) is 14.4. The Kier molecular flexibility index (Phi) is 5.80. The van der Waals surface area contributed by atoms with Gasteiger partial charge in [0.15, 0.2) is 5.69 Å². The van der Waals surface area contributed by atoms with E-state index in [1.807, 2.05) is 6.92 Å². The molecule has 1 aliphatic rings. The highest BCUT2D eigenvalue weighted by Crippen LogP contribution is 2.13. The minimum Gasteiger partial charge on any atom is -0.480 e. The maximum Gasteiger partial charge on any atom is 0.318 e. The SMILES string of the molecule is Cc1cc(C(=O)N2CCO[C@@H](CN(CC(=O)O)S(C)(=O)=O)C2)nn1C. The highest BCUT2D eigenvalue weighted by Gasteiger charge is 2.30. The Balaban J connectivity index is 2.06. The summed E-state index contributed by atoms with van der Waals surface area (Å²) >= 11 is 0. The van der Waals surface area contributed by atoms with Crippen molar-refractivity contribution in [1.29, 1.82) is 0 Å². The Hall–Kier alpha value is -1.98. The number of aliphatic carboxylic acids is 1. The Morgan fingerprint density at radius 2 is 2.16 bits per heavy atom. The molecule has 1 aliphatic heterocycles. The van der Waals surface area contributed by atoms with Crippen LogP contribution >= 0.6 is 0 Å². The molecule has 1 saturated heterocycles. The van der Waals surface area contributed by atoms with Crippen LogP contribution in [0.4, 0.5) is 0 Å². The number of hydrogen-bond acceptors (Lipinski definition) is 6. The molecule has 25 heavy (non-hydrogen) atoms. The normalized spacial score (nSPS) is 18.6. The average Bonchev–Trinajstić information content (AvgIpc) is 2.84. The van der Waals surface area contributed by atoms with Gasteiger partial charge in [-0.05, 0) is 13.0 Å². The third-order valence-electron chi connectivity index (χ3n) is 3.95. The van der Waals surface area contributed by atoms with Gasteiger partial charge in [-0.2, -0.15) is 9.40 Å². The fourth-order valence-electron chi connectivity index (χ4n) is 2.54. The molecule has 0 radical (unpaired) electrons. The lowest BCUT2D eigenvalue weighted by Crippen LogP contribution is -2.51. The minimum atomic E-state index is -3.70. The molecule has 0 aromatic carbocycles. The van der Waals surface area contributed by atoms with E-state index in [-0.39, 0.29) is 25.6 Å². The summed E-state index contributed by atoms with van der Waals surface area (Å²) in [6, 6.07) is 1.68. The molecule has 1 amide bonds. The predicted molar refractivity (Wildman–Crippen MR) is 87.6 cm³/mol. The number of hydrogen-bond donors (Lipinski definition) is 1. The number of rotatable bonds is 6. The number of carbonyl (C=O) groups is 2. The molecule has 0 saturated carbocycles. The monoisotopic (exact) mass is 374 g/mol. The number of morpholine rings is 1. The molecule has 11 heteroatoms. The van der Waals surface area contributed by atoms with Gasteiger partial charge < -0.3 is 14.7 Å². The molecular formula is C14H22N4O6S. The van der Waals surface area contributed by atoms with Crippen LogP contribution in [0.15, 0.2) is 6.07 Å². The van der Waals surface area contributed by atoms with E-state index in [0.717, 1.165) is 16.3 Å². The van der Waals surface area contributed by atoms with E-state index in [1.165, 1.54) is 4.90 Å². The fourth-order valence-corrected chi connectivity index (χ4v) is 3.32. The van der Waals surface area contributed by atoms with E-state index in [4.69, 9.17) is 9.84 Å². The summed E-state index contributed by atoms with van der Waals surface area (Å²) < 4.78 is 31.4. The average molecular weight is 374 g/mol. The number of carbonyl (C=O) groups excluding carboxylic acids is 1. The number of nitrogens with zero attached hydrogens (tertiary/aromatic N) is 4. The van der Waals surface area contributed by atoms with Crippen LogP contribution in [0.3, 0.4) is 0 Å². The van der Waals surface area contributed by atoms with Crippen molar-refractivity contribution in [3.63, 3.8) is 0 Å². The number of aromatic nitrogens is 2. The van der Waals surface area contributed by atoms with E-state index >= 15 is 0 Å². The first-order valence-electron chi connectivity index (χ1n) is 7.66. The van der Waals surface area contributed by atoms with Crippen molar-refractivity contribution in [2.75, 3.05) is 39.0 Å². The van der Waals surface area contributed by atoms with Crippen molar-refractivity contribution in [1.82, 2.24) is 19.0 Å². The Labute approximate surface area is 146 Å². The maximum atomic E-state index is 12.5. The van der Waals surface area contributed by atoms with Gasteiger partial charge in [-0.3, -0.25) is 14.3 Å². The molecule has 1 atom stereocenters. The number of carboxylic acids is 1. The van der Waals surface area contributed by atoms with Gasteiger partial charge in [-0.15, -0.1) is 0 Å². The van der Waals surface area contributed by atoms with Crippen LogP contribution in [0.5, 0.6) is 0 Å². The molecule has 1 fully saturated rings. The zero-order valence-corrected chi connectivity index (χ0v) is 15.2. The van der Waals surface area contributed by atoms with Gasteiger partial charge in [0.05, 0.1) is 19.0 Å². The second kappa shape index (κ2) is 7.50. The summed E-state index contributed by atoms with van der Waals surface area (Å²) in [4.78, 5) is 24.9. The Morgan fingerprint density at radius 3 is 2.68 bits per heavy atom. The van der Waals surface area contributed by atoms with Gasteiger partial charge in [-0.25, -0.2) is 8.42 Å². The number of amides is 1. The van der Waals surface area contributed by atoms with Gasteiger partial charge in [-0.1, -0.05) is 0 Å². The van der Waals surface area contributed by atoms with Gasteiger partial charge >= 0.3 is 5.97 Å². The van der Waals surface area contributed by atoms with Crippen molar-refractivity contribution >= 4 is 21.9 Å². The van der Waals surface area contributed by atoms with E-state index < -0.39 is 28.6 Å². The molecule has 1 aromatic rings. The van der Waals surface area contributed by atoms with E-state index in [1.54, 1.807) is 17.8 Å². The second-order valence-corrected chi connectivity index (χ2v) is 7.97. The lowest BCUT2D eigenvalue weighted by molar-refractivity contribution is -0.137. The first-order valence-corrected chi connectivity index (χ1v) is 9.51. The largest absolute Gasteiger partial charge is 0.480 e. The molecule has 0 aliphatic carbocycles. The molecule has 1 N–H and O–H groups in total. The molecule has 1 aromatic heterocycles. The summed E-state index contributed by atoms with van der Waals surface area (Å²) in [5, 5.41) is 13.0. The maximum absolute atomic E-state index is 12.5. The number of carboxylic acid groups (broad SMARTS) is 1. The van der Waals surface area contributed by atoms with E-state index in [2.05, 4.69) is 5.10 Å². The first kappa shape index (κ1) is 19.3. The van der Waals surface area contributed by atoms with Crippen LogP contribution < -0.4 is 0 Å². The van der Waals surface area contributed by atoms with Gasteiger partial charge in [0, 0.05) is 32.4 Å². The van der Waals surface area contributed by atoms with Crippen LogP contribution in [0.25, 0.3) is 0 Å². The number of sulfonamides is 1. The van der Waals surface area contributed by atoms with Crippen molar-refractivity contribution in [2.24, 2.45) is 7.05 Å². The molecule has 140 valence electrons. The Bertz CT molecular complexity index is 740. The topological polar surface area (TPSA) is 122 Å². The smallest absolute Gasteiger partial charge is 0.318 e. The summed E-state index contributed by atoms with van der Waals surface area (Å²) in [7, 11) is -1.96. The minimum absolute atomic E-state index is 0.129. The lowest BCUT2D eigenvalue weighted by Gasteiger charge is -2.34. The van der Waals surface area contributed by atoms with Crippen LogP contribution in [0, 0.1) is 6.92 Å². The van der Waals surface area contributed by atoms with E-state index in [0.29, 0.717) is 12.2 Å². The van der Waals surface area contributed by atoms with Crippen LogP contribution in [0.1, 0.15) is 16.2 Å².